The fraction of sp³-hybridized carbons (Fsp3) is 0.846. The van der Waals surface area contributed by atoms with Crippen LogP contribution >= 0.6 is 0 Å². The smallest absolute Gasteiger partial charge is 0.0280 e. The number of hydrogen-bond acceptors (Lipinski definition) is 2. The summed E-state index contributed by atoms with van der Waals surface area (Å²) in [6.45, 7) is 15.2. The van der Waals surface area contributed by atoms with Gasteiger partial charge in [0.25, 0.3) is 0 Å². The molecule has 0 amide bonds. The molecule has 88 valence electrons. The molecule has 0 aromatic heterocycles. The van der Waals surface area contributed by atoms with E-state index in [1.54, 1.807) is 0 Å². The van der Waals surface area contributed by atoms with Crippen LogP contribution in [0.1, 0.15) is 40.0 Å². The van der Waals surface area contributed by atoms with Gasteiger partial charge in [-0.2, -0.15) is 0 Å². The van der Waals surface area contributed by atoms with Crippen LogP contribution in [0.4, 0.5) is 0 Å². The van der Waals surface area contributed by atoms with Crippen molar-refractivity contribution in [1.29, 1.82) is 0 Å². The van der Waals surface area contributed by atoms with E-state index < -0.39 is 0 Å². The van der Waals surface area contributed by atoms with E-state index in [1.165, 1.54) is 31.4 Å². The number of likely N-dealkylation sites (N-methyl/N-ethyl adjacent to an activating group) is 1. The molecule has 1 N–H and O–H groups in total. The first-order valence-electron chi connectivity index (χ1n) is 6.17. The molecule has 15 heavy (non-hydrogen) atoms. The summed E-state index contributed by atoms with van der Waals surface area (Å²) in [5.41, 5.74) is 1.58. The summed E-state index contributed by atoms with van der Waals surface area (Å²) < 4.78 is 0. The highest BCUT2D eigenvalue weighted by Crippen LogP contribution is 2.20. The van der Waals surface area contributed by atoms with E-state index in [4.69, 9.17) is 0 Å². The van der Waals surface area contributed by atoms with Crippen LogP contribution in [0, 0.1) is 0 Å². The van der Waals surface area contributed by atoms with Crippen LogP contribution in [0.25, 0.3) is 0 Å². The van der Waals surface area contributed by atoms with Gasteiger partial charge in [-0.15, -0.1) is 0 Å². The van der Waals surface area contributed by atoms with Crippen molar-refractivity contribution in [3.63, 3.8) is 0 Å². The molecule has 0 aromatic rings. The van der Waals surface area contributed by atoms with Gasteiger partial charge in [-0.25, -0.2) is 0 Å². The second-order valence-electron chi connectivity index (χ2n) is 5.20. The molecule has 1 aliphatic heterocycles. The zero-order chi connectivity index (χ0) is 11.3. The third kappa shape index (κ3) is 4.35. The maximum Gasteiger partial charge on any atom is 0.0280 e. The Kier molecular flexibility index (Phi) is 4.81. The fourth-order valence-corrected chi connectivity index (χ4v) is 2.41. The molecule has 0 aliphatic carbocycles. The molecular formula is C13H26N2. The molecule has 1 saturated heterocycles. The molecule has 0 aromatic carbocycles. The van der Waals surface area contributed by atoms with Gasteiger partial charge in [0, 0.05) is 18.6 Å². The van der Waals surface area contributed by atoms with E-state index >= 15 is 0 Å². The molecule has 1 heterocycles. The monoisotopic (exact) mass is 210 g/mol. The SMILES string of the molecule is C=C(C)CN(CC)CC1(C)CCCCN1. The van der Waals surface area contributed by atoms with Crippen molar-refractivity contribution in [3.05, 3.63) is 12.2 Å². The van der Waals surface area contributed by atoms with Crippen LogP contribution in [0.5, 0.6) is 0 Å². The lowest BCUT2D eigenvalue weighted by Gasteiger charge is -2.39. The number of nitrogens with one attached hydrogen (secondary N) is 1. The third-order valence-corrected chi connectivity index (χ3v) is 3.22. The van der Waals surface area contributed by atoms with Crippen molar-refractivity contribution in [3.8, 4) is 0 Å². The van der Waals surface area contributed by atoms with Gasteiger partial charge in [-0.05, 0) is 39.8 Å². The van der Waals surface area contributed by atoms with Crippen LogP contribution in [-0.2, 0) is 0 Å². The first-order valence-corrected chi connectivity index (χ1v) is 6.17. The van der Waals surface area contributed by atoms with Crippen LogP contribution < -0.4 is 5.32 Å². The molecule has 0 saturated carbocycles. The van der Waals surface area contributed by atoms with Gasteiger partial charge < -0.3 is 5.32 Å². The van der Waals surface area contributed by atoms with E-state index in [0.717, 1.165) is 19.6 Å². The van der Waals surface area contributed by atoms with Crippen LogP contribution in [-0.4, -0.2) is 36.6 Å². The standard InChI is InChI=1S/C13H26N2/c1-5-15(10-12(2)3)11-13(4)8-6-7-9-14-13/h14H,2,5-11H2,1,3-4H3. The molecule has 1 unspecified atom stereocenters. The highest BCUT2D eigenvalue weighted by atomic mass is 15.2. The average molecular weight is 210 g/mol. The predicted molar refractivity (Wildman–Crippen MR) is 67.2 cm³/mol. The minimum Gasteiger partial charge on any atom is -0.310 e. The van der Waals surface area contributed by atoms with Gasteiger partial charge in [0.2, 0.25) is 0 Å². The Morgan fingerprint density at radius 2 is 2.20 bits per heavy atom. The lowest BCUT2D eigenvalue weighted by Crippen LogP contribution is -2.53. The zero-order valence-electron chi connectivity index (χ0n) is 10.6. The van der Waals surface area contributed by atoms with Crippen LogP contribution in [0.15, 0.2) is 12.2 Å². The summed E-state index contributed by atoms with van der Waals surface area (Å²) in [4.78, 5) is 2.49. The molecule has 2 heteroatoms. The van der Waals surface area contributed by atoms with Crippen molar-refractivity contribution in [2.24, 2.45) is 0 Å². The van der Waals surface area contributed by atoms with Crippen molar-refractivity contribution in [2.45, 2.75) is 45.6 Å². The summed E-state index contributed by atoms with van der Waals surface area (Å²) in [6.07, 6.45) is 4.01. The van der Waals surface area contributed by atoms with E-state index in [-0.39, 0.29) is 0 Å². The Morgan fingerprint density at radius 3 is 2.67 bits per heavy atom. The van der Waals surface area contributed by atoms with E-state index in [1.807, 2.05) is 0 Å². The van der Waals surface area contributed by atoms with Crippen LogP contribution in [0.2, 0.25) is 0 Å². The Bertz CT molecular complexity index is 205. The highest BCUT2D eigenvalue weighted by molar-refractivity contribution is 4.95. The van der Waals surface area contributed by atoms with E-state index in [9.17, 15) is 0 Å². The average Bonchev–Trinajstić information content (AvgIpc) is 2.16. The maximum absolute atomic E-state index is 4.00. The second-order valence-corrected chi connectivity index (χ2v) is 5.20. The third-order valence-electron chi connectivity index (χ3n) is 3.22. The maximum atomic E-state index is 4.00. The molecule has 0 radical (unpaired) electrons. The van der Waals surface area contributed by atoms with Crippen molar-refractivity contribution >= 4 is 0 Å². The van der Waals surface area contributed by atoms with Gasteiger partial charge in [0.1, 0.15) is 0 Å². The molecule has 1 fully saturated rings. The van der Waals surface area contributed by atoms with E-state index in [2.05, 4.69) is 37.6 Å². The van der Waals surface area contributed by atoms with Gasteiger partial charge in [0.15, 0.2) is 0 Å². The van der Waals surface area contributed by atoms with Gasteiger partial charge in [0.05, 0.1) is 0 Å². The highest BCUT2D eigenvalue weighted by Gasteiger charge is 2.27. The lowest BCUT2D eigenvalue weighted by atomic mass is 9.90. The number of nitrogens with zero attached hydrogens (tertiary/aromatic N) is 1. The number of piperidine rings is 1. The fourth-order valence-electron chi connectivity index (χ4n) is 2.41. The second kappa shape index (κ2) is 5.66. The lowest BCUT2D eigenvalue weighted by molar-refractivity contribution is 0.178. The van der Waals surface area contributed by atoms with E-state index in [0.29, 0.717) is 5.54 Å². The first kappa shape index (κ1) is 12.7. The topological polar surface area (TPSA) is 15.3 Å². The first-order chi connectivity index (χ1) is 7.06. The molecule has 1 rings (SSSR count). The molecule has 0 bridgehead atoms. The minimum absolute atomic E-state index is 0.323. The quantitative estimate of drug-likeness (QED) is 0.701. The zero-order valence-corrected chi connectivity index (χ0v) is 10.6. The summed E-state index contributed by atoms with van der Waals surface area (Å²) in [5, 5.41) is 3.66. The molecule has 1 aliphatic rings. The summed E-state index contributed by atoms with van der Waals surface area (Å²) in [5.74, 6) is 0. The Morgan fingerprint density at radius 1 is 1.47 bits per heavy atom. The molecule has 0 spiro atoms. The van der Waals surface area contributed by atoms with Gasteiger partial charge in [-0.3, -0.25) is 4.90 Å². The minimum atomic E-state index is 0.323. The molecular weight excluding hydrogens is 184 g/mol. The number of hydrogen-bond donors (Lipinski definition) is 1. The van der Waals surface area contributed by atoms with Crippen LogP contribution in [0.3, 0.4) is 0 Å². The normalized spacial score (nSPS) is 26.9. The molecule has 2 nitrogen and oxygen atoms in total. The van der Waals surface area contributed by atoms with Gasteiger partial charge >= 0.3 is 0 Å². The van der Waals surface area contributed by atoms with Crippen molar-refractivity contribution in [1.82, 2.24) is 10.2 Å². The van der Waals surface area contributed by atoms with Crippen molar-refractivity contribution in [2.75, 3.05) is 26.2 Å². The Labute approximate surface area is 94.7 Å². The number of rotatable bonds is 5. The Hall–Kier alpha value is -0.340. The molecule has 1 atom stereocenters. The van der Waals surface area contributed by atoms with Crippen molar-refractivity contribution < 1.29 is 0 Å². The summed E-state index contributed by atoms with van der Waals surface area (Å²) >= 11 is 0. The summed E-state index contributed by atoms with van der Waals surface area (Å²) in [6, 6.07) is 0. The largest absolute Gasteiger partial charge is 0.310 e. The Balaban J connectivity index is 2.45. The summed E-state index contributed by atoms with van der Waals surface area (Å²) in [7, 11) is 0. The predicted octanol–water partition coefficient (Wildman–Crippen LogP) is 2.42. The van der Waals surface area contributed by atoms with Gasteiger partial charge in [-0.1, -0.05) is 25.5 Å².